The molecule has 0 saturated carbocycles. The molecule has 0 fully saturated rings. The van der Waals surface area contributed by atoms with E-state index in [0.717, 1.165) is 11.3 Å². The third-order valence-electron chi connectivity index (χ3n) is 4.19. The summed E-state index contributed by atoms with van der Waals surface area (Å²) in [5.41, 5.74) is 4.43. The summed E-state index contributed by atoms with van der Waals surface area (Å²) in [5.74, 6) is 3.08. The van der Waals surface area contributed by atoms with E-state index in [1.807, 2.05) is 31.2 Å². The molecule has 158 valence electrons. The van der Waals surface area contributed by atoms with Crippen LogP contribution in [0.15, 0.2) is 41.5 Å². The minimum absolute atomic E-state index is 0.371. The molecule has 0 aliphatic carbocycles. The van der Waals surface area contributed by atoms with Gasteiger partial charge in [0, 0.05) is 17.2 Å². The number of hydrogen-bond acceptors (Lipinski definition) is 8. The topological polar surface area (TPSA) is 94.9 Å². The highest BCUT2D eigenvalue weighted by Crippen LogP contribution is 2.33. The predicted molar refractivity (Wildman–Crippen MR) is 117 cm³/mol. The van der Waals surface area contributed by atoms with Gasteiger partial charge in [0.15, 0.2) is 17.3 Å². The second kappa shape index (κ2) is 9.79. The predicted octanol–water partition coefficient (Wildman–Crippen LogP) is 3.61. The van der Waals surface area contributed by atoms with Crippen LogP contribution in [-0.4, -0.2) is 49.0 Å². The van der Waals surface area contributed by atoms with E-state index < -0.39 is 0 Å². The molecule has 0 unspecified atom stereocenters. The summed E-state index contributed by atoms with van der Waals surface area (Å²) in [7, 11) is 4.70. The Hall–Kier alpha value is -3.53. The van der Waals surface area contributed by atoms with Crippen LogP contribution in [-0.2, 0) is 0 Å². The van der Waals surface area contributed by atoms with E-state index in [2.05, 4.69) is 20.8 Å². The summed E-state index contributed by atoms with van der Waals surface area (Å²) in [6, 6.07) is 11.0. The lowest BCUT2D eigenvalue weighted by molar-refractivity contribution is 0.340. The van der Waals surface area contributed by atoms with Crippen molar-refractivity contribution in [2.24, 2.45) is 5.10 Å². The summed E-state index contributed by atoms with van der Waals surface area (Å²) in [4.78, 5) is 0. The van der Waals surface area contributed by atoms with Gasteiger partial charge in [0.25, 0.3) is 0 Å². The van der Waals surface area contributed by atoms with Crippen LogP contribution < -0.4 is 24.5 Å². The zero-order chi connectivity index (χ0) is 21.5. The lowest BCUT2D eigenvalue weighted by Gasteiger charge is -2.12. The van der Waals surface area contributed by atoms with Gasteiger partial charge in [0.1, 0.15) is 11.5 Å². The number of H-pyrrole nitrogens is 1. The number of nitrogens with zero attached hydrogens (tertiary/aromatic N) is 3. The zero-order valence-electron chi connectivity index (χ0n) is 17.1. The average Bonchev–Trinajstić information content (AvgIpc) is 3.14. The minimum atomic E-state index is 0.371. The Balaban J connectivity index is 1.85. The quantitative estimate of drug-likeness (QED) is 0.305. The monoisotopic (exact) mass is 429 g/mol. The van der Waals surface area contributed by atoms with Crippen LogP contribution in [0.4, 0.5) is 0 Å². The fourth-order valence-electron chi connectivity index (χ4n) is 2.76. The van der Waals surface area contributed by atoms with Gasteiger partial charge in [-0.05, 0) is 49.5 Å². The molecular weight excluding hydrogens is 406 g/mol. The normalized spacial score (nSPS) is 10.8. The molecule has 3 rings (SSSR count). The van der Waals surface area contributed by atoms with E-state index >= 15 is 0 Å². The van der Waals surface area contributed by atoms with Crippen molar-refractivity contribution in [1.82, 2.24) is 14.9 Å². The fraction of sp³-hybridized carbons (Fsp3) is 0.250. The highest BCUT2D eigenvalue weighted by molar-refractivity contribution is 7.71. The summed E-state index contributed by atoms with van der Waals surface area (Å²) in [5, 5.41) is 11.3. The molecule has 9 nitrogen and oxygen atoms in total. The largest absolute Gasteiger partial charge is 0.496 e. The molecule has 0 amide bonds. The third kappa shape index (κ3) is 4.54. The van der Waals surface area contributed by atoms with Crippen LogP contribution in [0.25, 0.3) is 11.4 Å². The molecule has 30 heavy (non-hydrogen) atoms. The number of ether oxygens (including phenoxy) is 4. The minimum Gasteiger partial charge on any atom is -0.496 e. The van der Waals surface area contributed by atoms with Crippen LogP contribution >= 0.6 is 12.2 Å². The summed E-state index contributed by atoms with van der Waals surface area (Å²) in [6.07, 6.45) is 1.59. The molecule has 0 aliphatic rings. The van der Waals surface area contributed by atoms with E-state index in [1.165, 1.54) is 0 Å². The summed E-state index contributed by atoms with van der Waals surface area (Å²) in [6.45, 7) is 2.54. The van der Waals surface area contributed by atoms with Gasteiger partial charge in [-0.2, -0.15) is 14.9 Å². The first-order valence-electron chi connectivity index (χ1n) is 9.11. The van der Waals surface area contributed by atoms with Crippen LogP contribution in [0.5, 0.6) is 23.0 Å². The van der Waals surface area contributed by atoms with Crippen molar-refractivity contribution in [2.45, 2.75) is 6.92 Å². The summed E-state index contributed by atoms with van der Waals surface area (Å²) >= 11 is 5.31. The Morgan fingerprint density at radius 3 is 2.37 bits per heavy atom. The molecule has 2 aromatic carbocycles. The molecule has 0 saturated heterocycles. The molecule has 0 atom stereocenters. The fourth-order valence-corrected chi connectivity index (χ4v) is 2.93. The van der Waals surface area contributed by atoms with Crippen molar-refractivity contribution in [3.63, 3.8) is 0 Å². The van der Waals surface area contributed by atoms with Gasteiger partial charge in [-0.1, -0.05) is 0 Å². The van der Waals surface area contributed by atoms with Gasteiger partial charge in [-0.15, -0.1) is 0 Å². The van der Waals surface area contributed by atoms with Crippen molar-refractivity contribution in [3.05, 3.63) is 46.7 Å². The standard InChI is InChI=1S/C20H23N5O4S/c1-5-29-15-8-6-13(7-9-15)19-22-23-20(30)25(19)24-21-12-14-10-17(27-3)18(28-4)11-16(14)26-2/h6-12,24H,5H2,1-4H3,(H,23,30)/b21-12-. The van der Waals surface area contributed by atoms with Crippen molar-refractivity contribution < 1.29 is 18.9 Å². The van der Waals surface area contributed by atoms with Gasteiger partial charge in [0.2, 0.25) is 4.77 Å². The second-order valence-electron chi connectivity index (χ2n) is 5.95. The number of aromatic amines is 1. The van der Waals surface area contributed by atoms with E-state index in [9.17, 15) is 0 Å². The van der Waals surface area contributed by atoms with E-state index in [4.69, 9.17) is 31.2 Å². The van der Waals surface area contributed by atoms with Gasteiger partial charge < -0.3 is 18.9 Å². The maximum Gasteiger partial charge on any atom is 0.216 e. The molecule has 0 bridgehead atoms. The second-order valence-corrected chi connectivity index (χ2v) is 6.34. The van der Waals surface area contributed by atoms with Gasteiger partial charge in [0.05, 0.1) is 34.2 Å². The Bertz CT molecular complexity index is 1080. The number of methoxy groups -OCH3 is 3. The molecule has 0 radical (unpaired) electrons. The van der Waals surface area contributed by atoms with Crippen LogP contribution in [0, 0.1) is 4.77 Å². The smallest absolute Gasteiger partial charge is 0.216 e. The summed E-state index contributed by atoms with van der Waals surface area (Å²) < 4.78 is 23.5. The van der Waals surface area contributed by atoms with E-state index in [1.54, 1.807) is 44.4 Å². The molecule has 1 aromatic heterocycles. The lowest BCUT2D eigenvalue weighted by atomic mass is 10.2. The highest BCUT2D eigenvalue weighted by atomic mass is 32.1. The number of hydrazone groups is 1. The molecule has 0 aliphatic heterocycles. The number of benzene rings is 2. The first-order valence-corrected chi connectivity index (χ1v) is 9.51. The molecule has 3 aromatic rings. The molecule has 1 heterocycles. The molecular formula is C20H23N5O4S. The highest BCUT2D eigenvalue weighted by Gasteiger charge is 2.11. The zero-order valence-corrected chi connectivity index (χ0v) is 17.9. The lowest BCUT2D eigenvalue weighted by Crippen LogP contribution is -2.11. The maximum absolute atomic E-state index is 5.48. The number of nitrogens with one attached hydrogen (secondary N) is 2. The van der Waals surface area contributed by atoms with Crippen LogP contribution in [0.3, 0.4) is 0 Å². The number of rotatable bonds is 9. The van der Waals surface area contributed by atoms with E-state index in [-0.39, 0.29) is 0 Å². The van der Waals surface area contributed by atoms with Gasteiger partial charge in [-0.25, -0.2) is 10.6 Å². The Kier molecular flexibility index (Phi) is 6.91. The number of hydrogen-bond donors (Lipinski definition) is 2. The third-order valence-corrected chi connectivity index (χ3v) is 4.47. The SMILES string of the molecule is CCOc1ccc(-c2n[nH]c(=S)n2N/N=C\c2cc(OC)c(OC)cc2OC)cc1. The average molecular weight is 430 g/mol. The molecule has 2 N–H and O–H groups in total. The van der Waals surface area contributed by atoms with Crippen molar-refractivity contribution >= 4 is 18.4 Å². The Morgan fingerprint density at radius 1 is 1.07 bits per heavy atom. The van der Waals surface area contributed by atoms with Crippen LogP contribution in [0.1, 0.15) is 12.5 Å². The Morgan fingerprint density at radius 2 is 1.73 bits per heavy atom. The molecule has 10 heteroatoms. The first kappa shape index (κ1) is 21.2. The van der Waals surface area contributed by atoms with Crippen LogP contribution in [0.2, 0.25) is 0 Å². The Labute approximate surface area is 179 Å². The number of aromatic nitrogens is 3. The van der Waals surface area contributed by atoms with E-state index in [0.29, 0.717) is 40.0 Å². The van der Waals surface area contributed by atoms with Crippen molar-refractivity contribution in [3.8, 4) is 34.4 Å². The molecule has 0 spiro atoms. The van der Waals surface area contributed by atoms with Crippen molar-refractivity contribution in [1.29, 1.82) is 0 Å². The van der Waals surface area contributed by atoms with Gasteiger partial charge >= 0.3 is 0 Å². The van der Waals surface area contributed by atoms with Gasteiger partial charge in [-0.3, -0.25) is 0 Å². The maximum atomic E-state index is 5.48. The first-order chi connectivity index (χ1) is 14.6. The van der Waals surface area contributed by atoms with Crippen molar-refractivity contribution in [2.75, 3.05) is 33.5 Å².